The van der Waals surface area contributed by atoms with Crippen molar-refractivity contribution < 1.29 is 10.2 Å². The van der Waals surface area contributed by atoms with Gasteiger partial charge in [0.15, 0.2) is 0 Å². The molecule has 5 heteroatoms. The summed E-state index contributed by atoms with van der Waals surface area (Å²) < 4.78 is 1.56. The van der Waals surface area contributed by atoms with E-state index in [0.717, 1.165) is 11.3 Å². The molecule has 0 aliphatic rings. The zero-order valence-corrected chi connectivity index (χ0v) is 8.96. The summed E-state index contributed by atoms with van der Waals surface area (Å²) >= 11 is 0. The average molecular weight is 219 g/mol. The van der Waals surface area contributed by atoms with E-state index in [0.29, 0.717) is 11.4 Å². The van der Waals surface area contributed by atoms with Gasteiger partial charge in [0.05, 0.1) is 24.6 Å². The molecule has 0 atom stereocenters. The van der Waals surface area contributed by atoms with Crippen LogP contribution in [0.1, 0.15) is 17.0 Å². The maximum Gasteiger partial charge on any atom is 0.114 e. The van der Waals surface area contributed by atoms with E-state index in [1.165, 1.54) is 0 Å². The van der Waals surface area contributed by atoms with Crippen LogP contribution in [-0.2, 0) is 13.2 Å². The van der Waals surface area contributed by atoms with Crippen molar-refractivity contribution >= 4 is 0 Å². The molecule has 0 saturated carbocycles. The molecule has 0 aliphatic carbocycles. The van der Waals surface area contributed by atoms with Crippen LogP contribution in [0, 0.1) is 6.92 Å². The van der Waals surface area contributed by atoms with Gasteiger partial charge in [0, 0.05) is 0 Å². The molecule has 2 aromatic rings. The molecule has 16 heavy (non-hydrogen) atoms. The Balaban J connectivity index is 2.56. The van der Waals surface area contributed by atoms with Crippen LogP contribution in [-0.4, -0.2) is 25.2 Å². The van der Waals surface area contributed by atoms with Gasteiger partial charge in [0.2, 0.25) is 0 Å². The van der Waals surface area contributed by atoms with Gasteiger partial charge in [-0.05, 0) is 18.6 Å². The number of benzene rings is 1. The van der Waals surface area contributed by atoms with Crippen LogP contribution in [0.4, 0.5) is 0 Å². The second-order valence-electron chi connectivity index (χ2n) is 3.50. The summed E-state index contributed by atoms with van der Waals surface area (Å²) in [6.07, 6.45) is 0. The van der Waals surface area contributed by atoms with Crippen LogP contribution in [0.5, 0.6) is 0 Å². The molecule has 0 saturated heterocycles. The second kappa shape index (κ2) is 4.42. The lowest BCUT2D eigenvalue weighted by molar-refractivity contribution is 0.253. The lowest BCUT2D eigenvalue weighted by Crippen LogP contribution is -2.05. The lowest BCUT2D eigenvalue weighted by atomic mass is 10.2. The number of hydrogen-bond acceptors (Lipinski definition) is 4. The van der Waals surface area contributed by atoms with Crippen LogP contribution in [0.2, 0.25) is 0 Å². The van der Waals surface area contributed by atoms with E-state index in [4.69, 9.17) is 5.11 Å². The standard InChI is InChI=1S/C11H13N3O2/c1-8-4-2-3-5-10(8)14-11(7-16)9(6-15)12-13-14/h2-5,15-16H,6-7H2,1H3. The first-order valence-corrected chi connectivity index (χ1v) is 4.99. The van der Waals surface area contributed by atoms with Crippen LogP contribution in [0.25, 0.3) is 5.69 Å². The van der Waals surface area contributed by atoms with E-state index in [1.807, 2.05) is 31.2 Å². The third kappa shape index (κ3) is 1.70. The van der Waals surface area contributed by atoms with Crippen molar-refractivity contribution in [3.05, 3.63) is 41.2 Å². The fourth-order valence-corrected chi connectivity index (χ4v) is 1.61. The molecule has 84 valence electrons. The zero-order chi connectivity index (χ0) is 11.5. The molecular formula is C11H13N3O2. The SMILES string of the molecule is Cc1ccccc1-n1nnc(CO)c1CO. The maximum atomic E-state index is 9.26. The third-order valence-corrected chi connectivity index (χ3v) is 2.49. The van der Waals surface area contributed by atoms with E-state index in [2.05, 4.69) is 10.3 Å². The summed E-state index contributed by atoms with van der Waals surface area (Å²) in [6.45, 7) is 1.54. The Morgan fingerprint density at radius 2 is 1.94 bits per heavy atom. The molecule has 0 unspecified atom stereocenters. The van der Waals surface area contributed by atoms with Gasteiger partial charge in [-0.3, -0.25) is 0 Å². The highest BCUT2D eigenvalue weighted by molar-refractivity contribution is 5.40. The topological polar surface area (TPSA) is 71.2 Å². The van der Waals surface area contributed by atoms with Crippen molar-refractivity contribution in [3.8, 4) is 5.69 Å². The van der Waals surface area contributed by atoms with Crippen molar-refractivity contribution in [1.82, 2.24) is 15.0 Å². The van der Waals surface area contributed by atoms with Gasteiger partial charge in [-0.2, -0.15) is 0 Å². The number of aliphatic hydroxyl groups excluding tert-OH is 2. The monoisotopic (exact) mass is 219 g/mol. The van der Waals surface area contributed by atoms with E-state index >= 15 is 0 Å². The van der Waals surface area contributed by atoms with Gasteiger partial charge in [0.25, 0.3) is 0 Å². The first kappa shape index (κ1) is 10.8. The molecule has 0 spiro atoms. The minimum absolute atomic E-state index is 0.197. The molecule has 0 amide bonds. The van der Waals surface area contributed by atoms with E-state index < -0.39 is 0 Å². The summed E-state index contributed by atoms with van der Waals surface area (Å²) in [5.74, 6) is 0. The average Bonchev–Trinajstić information content (AvgIpc) is 2.72. The van der Waals surface area contributed by atoms with Gasteiger partial charge in [0.1, 0.15) is 5.69 Å². The molecular weight excluding hydrogens is 206 g/mol. The molecule has 1 heterocycles. The Labute approximate surface area is 93.0 Å². The van der Waals surface area contributed by atoms with Gasteiger partial charge < -0.3 is 10.2 Å². The molecule has 5 nitrogen and oxygen atoms in total. The zero-order valence-electron chi connectivity index (χ0n) is 8.96. The fraction of sp³-hybridized carbons (Fsp3) is 0.273. The smallest absolute Gasteiger partial charge is 0.114 e. The second-order valence-corrected chi connectivity index (χ2v) is 3.50. The number of aromatic nitrogens is 3. The predicted molar refractivity (Wildman–Crippen MR) is 57.9 cm³/mol. The Kier molecular flexibility index (Phi) is 2.98. The molecule has 1 aromatic heterocycles. The molecule has 1 aromatic carbocycles. The first-order chi connectivity index (χ1) is 7.77. The van der Waals surface area contributed by atoms with Crippen molar-refractivity contribution in [2.45, 2.75) is 20.1 Å². The highest BCUT2D eigenvalue weighted by Crippen LogP contribution is 2.16. The minimum Gasteiger partial charge on any atom is -0.390 e. The van der Waals surface area contributed by atoms with Gasteiger partial charge in [-0.15, -0.1) is 5.10 Å². The van der Waals surface area contributed by atoms with Crippen LogP contribution >= 0.6 is 0 Å². The molecule has 2 rings (SSSR count). The summed E-state index contributed by atoms with van der Waals surface area (Å²) in [4.78, 5) is 0. The number of para-hydroxylation sites is 1. The van der Waals surface area contributed by atoms with Crippen molar-refractivity contribution in [1.29, 1.82) is 0 Å². The number of rotatable bonds is 3. The van der Waals surface area contributed by atoms with E-state index in [9.17, 15) is 5.11 Å². The predicted octanol–water partition coefficient (Wildman–Crippen LogP) is 0.560. The molecule has 2 N–H and O–H groups in total. The first-order valence-electron chi connectivity index (χ1n) is 4.99. The van der Waals surface area contributed by atoms with Gasteiger partial charge in [-0.25, -0.2) is 4.68 Å². The number of hydrogen-bond donors (Lipinski definition) is 2. The van der Waals surface area contributed by atoms with Crippen LogP contribution in [0.3, 0.4) is 0 Å². The summed E-state index contributed by atoms with van der Waals surface area (Å²) in [6, 6.07) is 7.67. The lowest BCUT2D eigenvalue weighted by Gasteiger charge is -2.07. The number of aliphatic hydroxyl groups is 2. The molecule has 0 bridgehead atoms. The molecule has 0 aliphatic heterocycles. The largest absolute Gasteiger partial charge is 0.390 e. The van der Waals surface area contributed by atoms with E-state index in [1.54, 1.807) is 4.68 Å². The number of nitrogens with zero attached hydrogens (tertiary/aromatic N) is 3. The van der Waals surface area contributed by atoms with Gasteiger partial charge in [-0.1, -0.05) is 23.4 Å². The van der Waals surface area contributed by atoms with Crippen molar-refractivity contribution in [2.75, 3.05) is 0 Å². The quantitative estimate of drug-likeness (QED) is 0.791. The Morgan fingerprint density at radius 3 is 2.56 bits per heavy atom. The molecule has 0 fully saturated rings. The fourth-order valence-electron chi connectivity index (χ4n) is 1.61. The minimum atomic E-state index is -0.220. The van der Waals surface area contributed by atoms with Crippen molar-refractivity contribution in [2.24, 2.45) is 0 Å². The highest BCUT2D eigenvalue weighted by atomic mass is 16.3. The van der Waals surface area contributed by atoms with Crippen molar-refractivity contribution in [3.63, 3.8) is 0 Å². The van der Waals surface area contributed by atoms with Gasteiger partial charge >= 0.3 is 0 Å². The highest BCUT2D eigenvalue weighted by Gasteiger charge is 2.13. The third-order valence-electron chi connectivity index (χ3n) is 2.49. The summed E-state index contributed by atoms with van der Waals surface area (Å²) in [7, 11) is 0. The van der Waals surface area contributed by atoms with Crippen LogP contribution in [0.15, 0.2) is 24.3 Å². The Morgan fingerprint density at radius 1 is 1.19 bits per heavy atom. The Hall–Kier alpha value is -1.72. The normalized spacial score (nSPS) is 10.7. The van der Waals surface area contributed by atoms with Crippen LogP contribution < -0.4 is 0 Å². The molecule has 0 radical (unpaired) electrons. The van der Waals surface area contributed by atoms with E-state index in [-0.39, 0.29) is 13.2 Å². The number of aryl methyl sites for hydroxylation is 1. The summed E-state index contributed by atoms with van der Waals surface area (Å²) in [5, 5.41) is 26.1. The Bertz CT molecular complexity index is 494. The maximum absolute atomic E-state index is 9.26. The summed E-state index contributed by atoms with van der Waals surface area (Å²) in [5.41, 5.74) is 2.83.